The van der Waals surface area contributed by atoms with Crippen LogP contribution in [0, 0.1) is 0 Å². The van der Waals surface area contributed by atoms with Crippen LogP contribution >= 0.6 is 12.6 Å². The van der Waals surface area contributed by atoms with Crippen molar-refractivity contribution in [3.63, 3.8) is 0 Å². The van der Waals surface area contributed by atoms with Crippen molar-refractivity contribution in [2.24, 2.45) is 0 Å². The Hall–Kier alpha value is -2.47. The molecule has 1 aromatic heterocycles. The van der Waals surface area contributed by atoms with E-state index in [2.05, 4.69) is 48.9 Å². The summed E-state index contributed by atoms with van der Waals surface area (Å²) in [5.41, 5.74) is 4.58. The van der Waals surface area contributed by atoms with Gasteiger partial charge < -0.3 is 10.2 Å². The molecule has 0 aliphatic carbocycles. The number of hydrogen-bond acceptors (Lipinski definition) is 5. The number of benzene rings is 2. The fourth-order valence-electron chi connectivity index (χ4n) is 2.90. The smallest absolute Gasteiger partial charge is 0.145 e. The summed E-state index contributed by atoms with van der Waals surface area (Å²) in [6.45, 7) is 4.20. The summed E-state index contributed by atoms with van der Waals surface area (Å²) in [5, 5.41) is 28.5. The average Bonchev–Trinajstić information content (AvgIpc) is 2.95. The molecular formula is C18H19N3O2S. The highest BCUT2D eigenvalue weighted by Crippen LogP contribution is 2.36. The molecule has 124 valence electrons. The summed E-state index contributed by atoms with van der Waals surface area (Å²) in [6, 6.07) is 10.6. The third-order valence-corrected chi connectivity index (χ3v) is 4.38. The molecule has 0 spiro atoms. The highest BCUT2D eigenvalue weighted by atomic mass is 32.1. The van der Waals surface area contributed by atoms with Gasteiger partial charge in [0.1, 0.15) is 27.9 Å². The zero-order valence-electron chi connectivity index (χ0n) is 13.6. The van der Waals surface area contributed by atoms with Crippen molar-refractivity contribution in [1.82, 2.24) is 15.0 Å². The maximum atomic E-state index is 10.2. The van der Waals surface area contributed by atoms with Crippen molar-refractivity contribution in [1.29, 1.82) is 0 Å². The van der Waals surface area contributed by atoms with Crippen LogP contribution in [-0.4, -0.2) is 25.2 Å². The topological polar surface area (TPSA) is 71.2 Å². The predicted molar refractivity (Wildman–Crippen MR) is 96.1 cm³/mol. The Balaban J connectivity index is 2.30. The van der Waals surface area contributed by atoms with E-state index >= 15 is 0 Å². The lowest BCUT2D eigenvalue weighted by atomic mass is 9.95. The maximum Gasteiger partial charge on any atom is 0.145 e. The van der Waals surface area contributed by atoms with Crippen LogP contribution in [0.1, 0.15) is 25.0 Å². The summed E-state index contributed by atoms with van der Waals surface area (Å²) in [4.78, 5) is 0. The van der Waals surface area contributed by atoms with Gasteiger partial charge in [-0.05, 0) is 36.1 Å². The Morgan fingerprint density at radius 2 is 1.71 bits per heavy atom. The van der Waals surface area contributed by atoms with Crippen molar-refractivity contribution in [3.05, 3.63) is 47.5 Å². The van der Waals surface area contributed by atoms with Crippen LogP contribution < -0.4 is 0 Å². The summed E-state index contributed by atoms with van der Waals surface area (Å²) in [5.74, 6) is -0.0753. The maximum absolute atomic E-state index is 10.2. The van der Waals surface area contributed by atoms with Gasteiger partial charge in [0.15, 0.2) is 0 Å². The lowest BCUT2D eigenvalue weighted by Crippen LogP contribution is -2.04. The summed E-state index contributed by atoms with van der Waals surface area (Å²) in [7, 11) is 0. The first-order valence-corrected chi connectivity index (χ1v) is 8.29. The molecular weight excluding hydrogens is 322 g/mol. The molecule has 2 aromatic carbocycles. The van der Waals surface area contributed by atoms with Gasteiger partial charge in [-0.15, -0.1) is 17.7 Å². The summed E-state index contributed by atoms with van der Waals surface area (Å²) >= 11 is 4.48. The van der Waals surface area contributed by atoms with Crippen molar-refractivity contribution < 1.29 is 10.2 Å². The highest BCUT2D eigenvalue weighted by Gasteiger charge is 2.21. The van der Waals surface area contributed by atoms with E-state index in [-0.39, 0.29) is 11.5 Å². The number of rotatable bonds is 4. The molecule has 24 heavy (non-hydrogen) atoms. The van der Waals surface area contributed by atoms with Gasteiger partial charge >= 0.3 is 0 Å². The van der Waals surface area contributed by atoms with Gasteiger partial charge in [-0.3, -0.25) is 0 Å². The largest absolute Gasteiger partial charge is 0.508 e. The zero-order chi connectivity index (χ0) is 17.3. The first-order valence-electron chi connectivity index (χ1n) is 7.85. The van der Waals surface area contributed by atoms with Crippen molar-refractivity contribution >= 4 is 12.6 Å². The third kappa shape index (κ3) is 2.73. The molecule has 0 aliphatic rings. The van der Waals surface area contributed by atoms with Crippen LogP contribution in [0.5, 0.6) is 11.5 Å². The zero-order valence-corrected chi connectivity index (χ0v) is 14.5. The lowest BCUT2D eigenvalue weighted by molar-refractivity contribution is 0.447. The van der Waals surface area contributed by atoms with E-state index in [1.54, 1.807) is 10.7 Å². The van der Waals surface area contributed by atoms with Gasteiger partial charge in [-0.2, -0.15) is 0 Å². The first-order chi connectivity index (χ1) is 11.6. The fraction of sp³-hybridized carbons (Fsp3) is 0.222. The third-order valence-electron chi connectivity index (χ3n) is 4.08. The second-order valence-corrected chi connectivity index (χ2v) is 5.93. The Labute approximate surface area is 146 Å². The van der Waals surface area contributed by atoms with Gasteiger partial charge in [0.2, 0.25) is 0 Å². The monoisotopic (exact) mass is 341 g/mol. The van der Waals surface area contributed by atoms with Gasteiger partial charge in [-0.1, -0.05) is 37.3 Å². The number of hydrogen-bond donors (Lipinski definition) is 3. The SMILES string of the molecule is CCc1cccc(CC)c1-c1c(S)nnn1-c1ccc(O)cc1O. The molecule has 0 bridgehead atoms. The van der Waals surface area contributed by atoms with Gasteiger partial charge in [0.25, 0.3) is 0 Å². The second-order valence-electron chi connectivity index (χ2n) is 5.50. The van der Waals surface area contributed by atoms with Crippen LogP contribution in [-0.2, 0) is 12.8 Å². The van der Waals surface area contributed by atoms with Crippen LogP contribution in [0.15, 0.2) is 41.4 Å². The van der Waals surface area contributed by atoms with E-state index in [9.17, 15) is 10.2 Å². The molecule has 0 unspecified atom stereocenters. The van der Waals surface area contributed by atoms with E-state index in [0.29, 0.717) is 10.7 Å². The highest BCUT2D eigenvalue weighted by molar-refractivity contribution is 7.80. The van der Waals surface area contributed by atoms with Gasteiger partial charge in [0, 0.05) is 11.6 Å². The molecule has 3 aromatic rings. The van der Waals surface area contributed by atoms with Crippen LogP contribution in [0.2, 0.25) is 0 Å². The van der Waals surface area contributed by atoms with Gasteiger partial charge in [0.05, 0.1) is 0 Å². The number of thiol groups is 1. The number of phenolic OH excluding ortho intramolecular Hbond substituents is 2. The Morgan fingerprint density at radius 1 is 1.04 bits per heavy atom. The lowest BCUT2D eigenvalue weighted by Gasteiger charge is -2.15. The quantitative estimate of drug-likeness (QED) is 0.632. The predicted octanol–water partition coefficient (Wildman–Crippen LogP) is 3.76. The number of nitrogens with zero attached hydrogens (tertiary/aromatic N) is 3. The molecule has 0 saturated heterocycles. The Kier molecular flexibility index (Phi) is 4.49. The van der Waals surface area contributed by atoms with E-state index in [1.165, 1.54) is 23.3 Å². The summed E-state index contributed by atoms with van der Waals surface area (Å²) < 4.78 is 1.57. The molecule has 2 N–H and O–H groups in total. The summed E-state index contributed by atoms with van der Waals surface area (Å²) in [6.07, 6.45) is 1.73. The van der Waals surface area contributed by atoms with Crippen molar-refractivity contribution in [2.75, 3.05) is 0 Å². The fourth-order valence-corrected chi connectivity index (χ4v) is 3.14. The Morgan fingerprint density at radius 3 is 2.29 bits per heavy atom. The normalized spacial score (nSPS) is 11.0. The molecule has 6 heteroatoms. The van der Waals surface area contributed by atoms with Crippen LogP contribution in [0.25, 0.3) is 16.9 Å². The number of aryl methyl sites for hydroxylation is 2. The molecule has 0 saturated carbocycles. The number of aromatic hydroxyl groups is 2. The standard InChI is InChI=1S/C18H19N3O2S/c1-3-11-6-5-7-12(4-2)16(11)17-18(24)19-20-21(17)14-9-8-13(22)10-15(14)23/h5-10,22-24H,3-4H2,1-2H3. The Bertz CT molecular complexity index is 868. The number of aromatic nitrogens is 3. The minimum Gasteiger partial charge on any atom is -0.508 e. The molecule has 5 nitrogen and oxygen atoms in total. The first kappa shape index (κ1) is 16.4. The van der Waals surface area contributed by atoms with E-state index < -0.39 is 0 Å². The molecule has 3 rings (SSSR count). The second kappa shape index (κ2) is 6.57. The van der Waals surface area contributed by atoms with Crippen molar-refractivity contribution in [2.45, 2.75) is 31.7 Å². The molecule has 0 fully saturated rings. The van der Waals surface area contributed by atoms with Crippen molar-refractivity contribution in [3.8, 4) is 28.4 Å². The minimum absolute atomic E-state index is 0.00721. The van der Waals surface area contributed by atoms with Crippen LogP contribution in [0.4, 0.5) is 0 Å². The van der Waals surface area contributed by atoms with Crippen LogP contribution in [0.3, 0.4) is 0 Å². The number of phenols is 2. The van der Waals surface area contributed by atoms with Gasteiger partial charge in [-0.25, -0.2) is 4.68 Å². The molecule has 0 radical (unpaired) electrons. The van der Waals surface area contributed by atoms with E-state index in [4.69, 9.17) is 0 Å². The molecule has 1 heterocycles. The molecule has 0 amide bonds. The minimum atomic E-state index is -0.0680. The molecule has 0 aliphatic heterocycles. The average molecular weight is 341 g/mol. The molecule has 0 atom stereocenters. The van der Waals surface area contributed by atoms with E-state index in [0.717, 1.165) is 24.1 Å². The van der Waals surface area contributed by atoms with E-state index in [1.807, 2.05) is 6.07 Å².